The Morgan fingerprint density at radius 1 is 0.882 bits per heavy atom. The second-order valence-electron chi connectivity index (χ2n) is 13.3. The summed E-state index contributed by atoms with van der Waals surface area (Å²) in [5, 5.41) is 6.40. The minimum atomic E-state index is -0.670. The van der Waals surface area contributed by atoms with E-state index in [0.717, 1.165) is 55.1 Å². The number of rotatable bonds is 7. The second kappa shape index (κ2) is 13.6. The van der Waals surface area contributed by atoms with Gasteiger partial charge in [0, 0.05) is 57.2 Å². The lowest BCUT2D eigenvalue weighted by molar-refractivity contribution is 0.0917. The van der Waals surface area contributed by atoms with Crippen LogP contribution in [0.4, 0.5) is 8.78 Å². The number of hydrogen-bond donors (Lipinski definition) is 2. The number of nitrogens with one attached hydrogen (secondary N) is 2. The van der Waals surface area contributed by atoms with Crippen molar-refractivity contribution in [2.75, 3.05) is 26.2 Å². The first-order valence-corrected chi connectivity index (χ1v) is 17.2. The van der Waals surface area contributed by atoms with Crippen LogP contribution in [0.15, 0.2) is 94.9 Å². The van der Waals surface area contributed by atoms with E-state index in [1.807, 2.05) is 48.5 Å². The van der Waals surface area contributed by atoms with E-state index >= 15 is 0 Å². The summed E-state index contributed by atoms with van der Waals surface area (Å²) in [5.41, 5.74) is 2.92. The van der Waals surface area contributed by atoms with Crippen molar-refractivity contribution in [3.8, 4) is 16.8 Å². The summed E-state index contributed by atoms with van der Waals surface area (Å²) in [7, 11) is 0. The highest BCUT2D eigenvalue weighted by molar-refractivity contribution is 5.93. The third-order valence-corrected chi connectivity index (χ3v) is 9.97. The van der Waals surface area contributed by atoms with Gasteiger partial charge in [0.15, 0.2) is 5.65 Å². The number of fused-ring (bicyclic) bond motifs is 2. The third-order valence-electron chi connectivity index (χ3n) is 9.97. The number of hydrogen-bond acceptors (Lipinski definition) is 7. The Bertz CT molecular complexity index is 2380. The number of carbonyl (C=O) groups is 1. The highest BCUT2D eigenvalue weighted by Gasteiger charge is 2.29. The van der Waals surface area contributed by atoms with Crippen molar-refractivity contribution >= 4 is 22.6 Å². The Kier molecular flexibility index (Phi) is 8.74. The molecule has 1 saturated carbocycles. The SMILES string of the molecule is O=C(NC1CCC(n2c(=O)c3cc(F)cnc3n(-c3cc(-c4ccccc4)ccc3CN3CCNCC3)c2=O)CC1)c1cn2cc(F)ccc2n1. The fourth-order valence-electron chi connectivity index (χ4n) is 7.36. The lowest BCUT2D eigenvalue weighted by Gasteiger charge is -2.31. The number of imidazole rings is 1. The van der Waals surface area contributed by atoms with Crippen molar-refractivity contribution in [1.29, 1.82) is 0 Å². The van der Waals surface area contributed by atoms with E-state index in [1.165, 1.54) is 38.1 Å². The second-order valence-corrected chi connectivity index (χ2v) is 13.3. The topological polar surface area (TPSA) is 119 Å². The van der Waals surface area contributed by atoms with Gasteiger partial charge in [0.1, 0.15) is 23.0 Å². The number of amides is 1. The van der Waals surface area contributed by atoms with E-state index in [9.17, 15) is 23.2 Å². The number of aromatic nitrogens is 5. The van der Waals surface area contributed by atoms with Crippen molar-refractivity contribution in [2.45, 2.75) is 44.3 Å². The van der Waals surface area contributed by atoms with Gasteiger partial charge in [-0.15, -0.1) is 0 Å². The molecular formula is C38H36F2N8O3. The molecule has 0 atom stereocenters. The summed E-state index contributed by atoms with van der Waals surface area (Å²) in [6.45, 7) is 3.97. The molecule has 1 aliphatic carbocycles. The molecule has 2 aromatic carbocycles. The quantitative estimate of drug-likeness (QED) is 0.254. The predicted octanol–water partition coefficient (Wildman–Crippen LogP) is 4.46. The molecule has 2 aliphatic rings. The Morgan fingerprint density at radius 3 is 2.45 bits per heavy atom. The number of nitrogens with zero attached hydrogens (tertiary/aromatic N) is 6. The van der Waals surface area contributed by atoms with Gasteiger partial charge in [-0.2, -0.15) is 0 Å². The van der Waals surface area contributed by atoms with E-state index in [-0.39, 0.29) is 28.7 Å². The fourth-order valence-corrected chi connectivity index (χ4v) is 7.36. The zero-order chi connectivity index (χ0) is 35.1. The summed E-state index contributed by atoms with van der Waals surface area (Å²) in [5.74, 6) is -1.49. The monoisotopic (exact) mass is 690 g/mol. The van der Waals surface area contributed by atoms with Crippen LogP contribution in [0, 0.1) is 11.6 Å². The lowest BCUT2D eigenvalue weighted by Crippen LogP contribution is -2.45. The van der Waals surface area contributed by atoms with Crippen LogP contribution in [0.5, 0.6) is 0 Å². The van der Waals surface area contributed by atoms with E-state index in [4.69, 9.17) is 0 Å². The van der Waals surface area contributed by atoms with Crippen LogP contribution in [0.1, 0.15) is 47.8 Å². The molecule has 260 valence electrons. The number of benzene rings is 2. The Balaban J connectivity index is 1.15. The maximum atomic E-state index is 14.7. The average Bonchev–Trinajstić information content (AvgIpc) is 3.58. The molecule has 2 fully saturated rings. The Labute approximate surface area is 291 Å². The number of piperazine rings is 1. The van der Waals surface area contributed by atoms with E-state index in [0.29, 0.717) is 43.6 Å². The van der Waals surface area contributed by atoms with Crippen molar-refractivity contribution in [3.63, 3.8) is 0 Å². The molecule has 0 unspecified atom stereocenters. The van der Waals surface area contributed by atoms with Crippen LogP contribution in [0.25, 0.3) is 33.5 Å². The molecule has 6 aromatic rings. The van der Waals surface area contributed by atoms with Gasteiger partial charge in [0.2, 0.25) is 0 Å². The molecule has 0 bridgehead atoms. The van der Waals surface area contributed by atoms with E-state index in [1.54, 1.807) is 0 Å². The van der Waals surface area contributed by atoms with Gasteiger partial charge in [0.25, 0.3) is 11.5 Å². The van der Waals surface area contributed by atoms with Gasteiger partial charge in [-0.25, -0.2) is 28.1 Å². The summed E-state index contributed by atoms with van der Waals surface area (Å²) >= 11 is 0. The molecule has 1 aliphatic heterocycles. The normalized spacial score (nSPS) is 18.3. The zero-order valence-electron chi connectivity index (χ0n) is 27.8. The summed E-state index contributed by atoms with van der Waals surface area (Å²) in [6, 6.07) is 19.1. The lowest BCUT2D eigenvalue weighted by atomic mass is 9.90. The van der Waals surface area contributed by atoms with Crippen LogP contribution in [-0.2, 0) is 6.54 Å². The molecule has 0 spiro atoms. The molecule has 1 saturated heterocycles. The summed E-state index contributed by atoms with van der Waals surface area (Å²) in [4.78, 5) is 52.8. The van der Waals surface area contributed by atoms with Crippen molar-refractivity contribution in [1.82, 2.24) is 39.0 Å². The molecule has 51 heavy (non-hydrogen) atoms. The van der Waals surface area contributed by atoms with Gasteiger partial charge < -0.3 is 15.0 Å². The van der Waals surface area contributed by atoms with Crippen molar-refractivity contribution < 1.29 is 13.6 Å². The molecule has 4 aromatic heterocycles. The molecule has 13 heteroatoms. The molecule has 1 amide bonds. The fraction of sp³-hybridized carbons (Fsp3) is 0.289. The molecule has 8 rings (SSSR count). The molecular weight excluding hydrogens is 654 g/mol. The first-order chi connectivity index (χ1) is 24.8. The zero-order valence-corrected chi connectivity index (χ0v) is 27.8. The van der Waals surface area contributed by atoms with Gasteiger partial charge in [-0.3, -0.25) is 19.1 Å². The van der Waals surface area contributed by atoms with Crippen molar-refractivity contribution in [3.05, 3.63) is 129 Å². The van der Waals surface area contributed by atoms with Crippen LogP contribution < -0.4 is 21.9 Å². The molecule has 5 heterocycles. The van der Waals surface area contributed by atoms with Crippen LogP contribution in [0.2, 0.25) is 0 Å². The predicted molar refractivity (Wildman–Crippen MR) is 189 cm³/mol. The highest BCUT2D eigenvalue weighted by Crippen LogP contribution is 2.30. The van der Waals surface area contributed by atoms with Crippen molar-refractivity contribution in [2.24, 2.45) is 0 Å². The van der Waals surface area contributed by atoms with Gasteiger partial charge in [-0.1, -0.05) is 42.5 Å². The number of pyridine rings is 2. The number of carbonyl (C=O) groups excluding carboxylic acids is 1. The van der Waals surface area contributed by atoms with Crippen LogP contribution >= 0.6 is 0 Å². The Morgan fingerprint density at radius 2 is 1.67 bits per heavy atom. The van der Waals surface area contributed by atoms with Gasteiger partial charge in [-0.05, 0) is 66.6 Å². The molecule has 11 nitrogen and oxygen atoms in total. The maximum absolute atomic E-state index is 14.7. The largest absolute Gasteiger partial charge is 0.348 e. The minimum absolute atomic E-state index is 0.0200. The van der Waals surface area contributed by atoms with Gasteiger partial charge >= 0.3 is 5.69 Å². The standard InChI is InChI=1S/C38H36F2N8O3/c39-27-8-13-34-44-32(23-46(34)22-27)36(49)43-29-9-11-30(12-10-29)47-37(50)31-19-28(40)20-42-35(31)48(38(47)51)33-18-25(24-4-2-1-3-5-24)6-7-26(33)21-45-16-14-41-15-17-45/h1-8,13,18-20,22-23,29-30,41H,9-12,14-17,21H2,(H,43,49). The molecule has 2 N–H and O–H groups in total. The highest BCUT2D eigenvalue weighted by atomic mass is 19.1. The van der Waals surface area contributed by atoms with Crippen LogP contribution in [0.3, 0.4) is 0 Å². The molecule has 0 radical (unpaired) electrons. The minimum Gasteiger partial charge on any atom is -0.348 e. The van der Waals surface area contributed by atoms with Crippen LogP contribution in [-0.4, -0.2) is 66.5 Å². The number of halogens is 2. The first kappa shape index (κ1) is 32.7. The van der Waals surface area contributed by atoms with Gasteiger partial charge in [0.05, 0.1) is 17.3 Å². The summed E-state index contributed by atoms with van der Waals surface area (Å²) < 4.78 is 32.6. The maximum Gasteiger partial charge on any atom is 0.337 e. The average molecular weight is 691 g/mol. The third kappa shape index (κ3) is 6.46. The smallest absolute Gasteiger partial charge is 0.337 e. The first-order valence-electron chi connectivity index (χ1n) is 17.2. The summed E-state index contributed by atoms with van der Waals surface area (Å²) in [6.07, 6.45) is 5.64. The van der Waals surface area contributed by atoms with E-state index < -0.39 is 28.9 Å². The Hall–Kier alpha value is -5.53. The van der Waals surface area contributed by atoms with E-state index in [2.05, 4.69) is 25.5 Å².